The molecule has 24 heavy (non-hydrogen) atoms. The standard InChI is InChI=1S/C21H26O3/c1-20(2,3)15-12-14(19(23)24)16(13-10-8-7-9-11-13)17(18(15)22)21(4,5)6/h7-12,22H,1-6H3,(H,23,24). The highest BCUT2D eigenvalue weighted by molar-refractivity contribution is 5.98. The number of carboxylic acids is 1. The van der Waals surface area contributed by atoms with Gasteiger partial charge in [0, 0.05) is 16.7 Å². The molecule has 0 atom stereocenters. The second kappa shape index (κ2) is 5.97. The molecule has 3 nitrogen and oxygen atoms in total. The molecule has 0 saturated carbocycles. The van der Waals surface area contributed by atoms with Gasteiger partial charge in [-0.25, -0.2) is 4.79 Å². The quantitative estimate of drug-likeness (QED) is 0.782. The van der Waals surface area contributed by atoms with E-state index in [4.69, 9.17) is 0 Å². The number of hydrogen-bond acceptors (Lipinski definition) is 2. The van der Waals surface area contributed by atoms with Crippen LogP contribution in [0.4, 0.5) is 0 Å². The molecule has 3 heteroatoms. The highest BCUT2D eigenvalue weighted by atomic mass is 16.4. The molecule has 2 rings (SSSR count). The van der Waals surface area contributed by atoms with Gasteiger partial charge in [-0.1, -0.05) is 71.9 Å². The summed E-state index contributed by atoms with van der Waals surface area (Å²) in [5.74, 6) is -0.788. The monoisotopic (exact) mass is 326 g/mol. The number of carbonyl (C=O) groups is 1. The largest absolute Gasteiger partial charge is 0.507 e. The summed E-state index contributed by atoms with van der Waals surface area (Å²) in [6.45, 7) is 11.9. The molecule has 0 aliphatic heterocycles. The molecule has 2 aromatic rings. The van der Waals surface area contributed by atoms with Crippen LogP contribution in [0.3, 0.4) is 0 Å². The number of aromatic carboxylic acids is 1. The molecular weight excluding hydrogens is 300 g/mol. The number of rotatable bonds is 2. The lowest BCUT2D eigenvalue weighted by Crippen LogP contribution is -2.20. The molecule has 128 valence electrons. The zero-order valence-electron chi connectivity index (χ0n) is 15.3. The summed E-state index contributed by atoms with van der Waals surface area (Å²) < 4.78 is 0. The van der Waals surface area contributed by atoms with Crippen LogP contribution < -0.4 is 0 Å². The molecule has 0 bridgehead atoms. The summed E-state index contributed by atoms with van der Waals surface area (Å²) in [6.07, 6.45) is 0. The first-order chi connectivity index (χ1) is 10.9. The summed E-state index contributed by atoms with van der Waals surface area (Å²) in [5, 5.41) is 20.8. The van der Waals surface area contributed by atoms with E-state index in [9.17, 15) is 15.0 Å². The Morgan fingerprint density at radius 1 is 0.917 bits per heavy atom. The minimum Gasteiger partial charge on any atom is -0.507 e. The van der Waals surface area contributed by atoms with E-state index >= 15 is 0 Å². The van der Waals surface area contributed by atoms with Crippen molar-refractivity contribution in [2.45, 2.75) is 52.4 Å². The zero-order valence-corrected chi connectivity index (χ0v) is 15.3. The van der Waals surface area contributed by atoms with E-state index in [1.807, 2.05) is 71.9 Å². The van der Waals surface area contributed by atoms with E-state index in [0.717, 1.165) is 5.56 Å². The van der Waals surface area contributed by atoms with E-state index < -0.39 is 11.4 Å². The fraction of sp³-hybridized carbons (Fsp3) is 0.381. The summed E-state index contributed by atoms with van der Waals surface area (Å²) in [4.78, 5) is 12.0. The molecule has 0 saturated heterocycles. The van der Waals surface area contributed by atoms with Crippen LogP contribution in [0.15, 0.2) is 36.4 Å². The van der Waals surface area contributed by atoms with Gasteiger partial charge in [0.25, 0.3) is 0 Å². The van der Waals surface area contributed by atoms with Crippen molar-refractivity contribution in [3.8, 4) is 16.9 Å². The van der Waals surface area contributed by atoms with Crippen molar-refractivity contribution in [2.24, 2.45) is 0 Å². The Bertz CT molecular complexity index is 760. The van der Waals surface area contributed by atoms with Crippen LogP contribution in [-0.4, -0.2) is 16.2 Å². The van der Waals surface area contributed by atoms with Gasteiger partial charge in [0.15, 0.2) is 0 Å². The van der Waals surface area contributed by atoms with Crippen LogP contribution in [0.2, 0.25) is 0 Å². The van der Waals surface area contributed by atoms with Gasteiger partial charge < -0.3 is 10.2 Å². The SMILES string of the molecule is CC(C)(C)c1cc(C(=O)O)c(-c2ccccc2)c(C(C)(C)C)c1O. The molecule has 0 aliphatic carbocycles. The van der Waals surface area contributed by atoms with Crippen LogP contribution in [0.25, 0.3) is 11.1 Å². The molecule has 0 spiro atoms. The number of benzene rings is 2. The van der Waals surface area contributed by atoms with Crippen molar-refractivity contribution >= 4 is 5.97 Å². The summed E-state index contributed by atoms with van der Waals surface area (Å²) in [5.41, 5.74) is 2.21. The molecule has 0 fully saturated rings. The Morgan fingerprint density at radius 2 is 1.46 bits per heavy atom. The minimum absolute atomic E-state index is 0.193. The molecule has 0 heterocycles. The van der Waals surface area contributed by atoms with Crippen molar-refractivity contribution in [2.75, 3.05) is 0 Å². The second-order valence-corrected chi connectivity index (χ2v) is 8.24. The Hall–Kier alpha value is -2.29. The van der Waals surface area contributed by atoms with Gasteiger partial charge >= 0.3 is 5.97 Å². The highest BCUT2D eigenvalue weighted by Gasteiger charge is 2.32. The minimum atomic E-state index is -0.982. The van der Waals surface area contributed by atoms with Crippen LogP contribution >= 0.6 is 0 Å². The summed E-state index contributed by atoms with van der Waals surface area (Å²) in [7, 11) is 0. The number of phenols is 1. The Balaban J connectivity index is 3.02. The zero-order chi connectivity index (χ0) is 18.3. The maximum absolute atomic E-state index is 12.0. The first-order valence-electron chi connectivity index (χ1n) is 8.14. The average Bonchev–Trinajstić information content (AvgIpc) is 2.44. The third-order valence-corrected chi connectivity index (χ3v) is 4.15. The molecule has 2 aromatic carbocycles. The van der Waals surface area contributed by atoms with Gasteiger partial charge in [0.2, 0.25) is 0 Å². The number of aromatic hydroxyl groups is 1. The normalized spacial score (nSPS) is 12.2. The van der Waals surface area contributed by atoms with Crippen molar-refractivity contribution in [1.82, 2.24) is 0 Å². The van der Waals surface area contributed by atoms with Crippen molar-refractivity contribution in [3.05, 3.63) is 53.1 Å². The third kappa shape index (κ3) is 3.30. The van der Waals surface area contributed by atoms with Crippen LogP contribution in [0.5, 0.6) is 5.75 Å². The topological polar surface area (TPSA) is 57.5 Å². The molecule has 0 aromatic heterocycles. The first-order valence-corrected chi connectivity index (χ1v) is 8.14. The smallest absolute Gasteiger partial charge is 0.336 e. The van der Waals surface area contributed by atoms with Gasteiger partial charge in [-0.2, -0.15) is 0 Å². The van der Waals surface area contributed by atoms with E-state index in [-0.39, 0.29) is 16.7 Å². The maximum atomic E-state index is 12.0. The second-order valence-electron chi connectivity index (χ2n) is 8.24. The molecule has 2 N–H and O–H groups in total. The van der Waals surface area contributed by atoms with Crippen LogP contribution in [-0.2, 0) is 10.8 Å². The van der Waals surface area contributed by atoms with Gasteiger partial charge in [-0.05, 0) is 22.5 Å². The lowest BCUT2D eigenvalue weighted by molar-refractivity contribution is 0.0697. The molecule has 0 unspecified atom stereocenters. The van der Waals surface area contributed by atoms with Gasteiger partial charge in [0.1, 0.15) is 5.75 Å². The van der Waals surface area contributed by atoms with Crippen LogP contribution in [0, 0.1) is 0 Å². The third-order valence-electron chi connectivity index (χ3n) is 4.15. The lowest BCUT2D eigenvalue weighted by Gasteiger charge is -2.30. The van der Waals surface area contributed by atoms with Gasteiger partial charge in [-0.3, -0.25) is 0 Å². The molecule has 0 aliphatic rings. The Labute approximate surface area is 144 Å². The fourth-order valence-corrected chi connectivity index (χ4v) is 3.05. The molecule has 0 amide bonds. The fourth-order valence-electron chi connectivity index (χ4n) is 3.05. The Kier molecular flexibility index (Phi) is 4.49. The van der Waals surface area contributed by atoms with Gasteiger partial charge in [-0.15, -0.1) is 0 Å². The maximum Gasteiger partial charge on any atom is 0.336 e. The number of phenolic OH excluding ortho intramolecular Hbond substituents is 1. The van der Waals surface area contributed by atoms with Gasteiger partial charge in [0.05, 0.1) is 5.56 Å². The number of carboxylic acid groups (broad SMARTS) is 1. The summed E-state index contributed by atoms with van der Waals surface area (Å²) >= 11 is 0. The van der Waals surface area contributed by atoms with E-state index in [2.05, 4.69) is 0 Å². The van der Waals surface area contributed by atoms with Crippen molar-refractivity contribution in [3.63, 3.8) is 0 Å². The van der Waals surface area contributed by atoms with E-state index in [1.54, 1.807) is 6.07 Å². The lowest BCUT2D eigenvalue weighted by atomic mass is 9.74. The average molecular weight is 326 g/mol. The highest BCUT2D eigenvalue weighted by Crippen LogP contribution is 2.46. The predicted molar refractivity (Wildman–Crippen MR) is 97.9 cm³/mol. The van der Waals surface area contributed by atoms with E-state index in [0.29, 0.717) is 16.7 Å². The Morgan fingerprint density at radius 3 is 1.88 bits per heavy atom. The molecular formula is C21H26O3. The van der Waals surface area contributed by atoms with Crippen LogP contribution in [0.1, 0.15) is 63.0 Å². The number of hydrogen-bond donors (Lipinski definition) is 2. The van der Waals surface area contributed by atoms with Crippen molar-refractivity contribution < 1.29 is 15.0 Å². The first kappa shape index (κ1) is 18.1. The predicted octanol–water partition coefficient (Wildman–Crippen LogP) is 5.35. The van der Waals surface area contributed by atoms with E-state index in [1.165, 1.54) is 0 Å². The summed E-state index contributed by atoms with van der Waals surface area (Å²) in [6, 6.07) is 11.0. The van der Waals surface area contributed by atoms with Crippen molar-refractivity contribution in [1.29, 1.82) is 0 Å². The molecule has 0 radical (unpaired) electrons.